The predicted octanol–water partition coefficient (Wildman–Crippen LogP) is 1.79. The lowest BCUT2D eigenvalue weighted by molar-refractivity contribution is -0.139. The van der Waals surface area contributed by atoms with Gasteiger partial charge in [0, 0.05) is 19.6 Å². The molecule has 0 radical (unpaired) electrons. The maximum absolute atomic E-state index is 11.9. The first-order valence-corrected chi connectivity index (χ1v) is 7.43. The Hall–Kier alpha value is -1.10. The normalized spacial score (nSPS) is 23.4. The minimum absolute atomic E-state index is 0.0108. The topological polar surface area (TPSA) is 86.6 Å². The molecule has 5 heteroatoms. The molecule has 0 bridgehead atoms. The number of hydrogen-bond donors (Lipinski definition) is 3. The summed E-state index contributed by atoms with van der Waals surface area (Å²) >= 11 is 0. The Morgan fingerprint density at radius 3 is 2.30 bits per heavy atom. The van der Waals surface area contributed by atoms with E-state index in [9.17, 15) is 14.7 Å². The molecule has 0 aliphatic heterocycles. The van der Waals surface area contributed by atoms with Crippen LogP contribution in [0.25, 0.3) is 0 Å². The van der Waals surface area contributed by atoms with Crippen LogP contribution in [-0.4, -0.2) is 35.2 Å². The number of rotatable bonds is 7. The van der Waals surface area contributed by atoms with Crippen molar-refractivity contribution in [3.8, 4) is 0 Å². The van der Waals surface area contributed by atoms with Gasteiger partial charge in [0.25, 0.3) is 0 Å². The van der Waals surface area contributed by atoms with Crippen LogP contribution in [0.3, 0.4) is 0 Å². The van der Waals surface area contributed by atoms with Gasteiger partial charge in [0.05, 0.1) is 6.42 Å². The van der Waals surface area contributed by atoms with Gasteiger partial charge in [0.1, 0.15) is 0 Å². The van der Waals surface area contributed by atoms with E-state index in [4.69, 9.17) is 5.11 Å². The van der Waals surface area contributed by atoms with Crippen molar-refractivity contribution in [3.05, 3.63) is 0 Å². The summed E-state index contributed by atoms with van der Waals surface area (Å²) in [5, 5.41) is 21.0. The molecule has 1 rings (SSSR count). The molecule has 0 spiro atoms. The van der Waals surface area contributed by atoms with Crippen molar-refractivity contribution in [3.63, 3.8) is 0 Å². The molecule has 3 N–H and O–H groups in total. The lowest BCUT2D eigenvalue weighted by atomic mass is 9.79. The van der Waals surface area contributed by atoms with Crippen LogP contribution in [0.5, 0.6) is 0 Å². The van der Waals surface area contributed by atoms with Crippen molar-refractivity contribution in [1.82, 2.24) is 5.32 Å². The summed E-state index contributed by atoms with van der Waals surface area (Å²) in [4.78, 5) is 22.6. The first kappa shape index (κ1) is 17.0. The fourth-order valence-electron chi connectivity index (χ4n) is 3.01. The van der Waals surface area contributed by atoms with Gasteiger partial charge in [-0.25, -0.2) is 0 Å². The Labute approximate surface area is 120 Å². The van der Waals surface area contributed by atoms with Gasteiger partial charge in [-0.2, -0.15) is 0 Å². The van der Waals surface area contributed by atoms with Crippen LogP contribution in [0.2, 0.25) is 0 Å². The fourth-order valence-corrected chi connectivity index (χ4v) is 3.01. The van der Waals surface area contributed by atoms with Gasteiger partial charge in [0.2, 0.25) is 5.91 Å². The molecule has 0 heterocycles. The molecule has 1 saturated carbocycles. The third kappa shape index (κ3) is 5.90. The number of carboxylic acids is 1. The summed E-state index contributed by atoms with van der Waals surface area (Å²) < 4.78 is 0. The molecule has 2 unspecified atom stereocenters. The van der Waals surface area contributed by atoms with Crippen LogP contribution in [-0.2, 0) is 9.59 Å². The van der Waals surface area contributed by atoms with Crippen molar-refractivity contribution in [2.24, 2.45) is 17.3 Å². The van der Waals surface area contributed by atoms with Crippen LogP contribution in [0.1, 0.15) is 52.4 Å². The average molecular weight is 285 g/mol. The second-order valence-corrected chi connectivity index (χ2v) is 6.70. The number of aliphatic hydroxyl groups excluding tert-OH is 1. The fraction of sp³-hybridized carbons (Fsp3) is 0.867. The highest BCUT2D eigenvalue weighted by Gasteiger charge is 2.27. The highest BCUT2D eigenvalue weighted by atomic mass is 16.4. The third-order valence-corrected chi connectivity index (χ3v) is 4.13. The van der Waals surface area contributed by atoms with Gasteiger partial charge in [-0.3, -0.25) is 9.59 Å². The Morgan fingerprint density at radius 1 is 1.15 bits per heavy atom. The SMILES string of the molecule is CC(C)(CC(=O)O)CC(=O)NCC1CCCCC1CO. The first-order valence-electron chi connectivity index (χ1n) is 7.43. The van der Waals surface area contributed by atoms with E-state index in [0.29, 0.717) is 12.5 Å². The monoisotopic (exact) mass is 285 g/mol. The largest absolute Gasteiger partial charge is 0.481 e. The summed E-state index contributed by atoms with van der Waals surface area (Å²) in [7, 11) is 0. The van der Waals surface area contributed by atoms with E-state index in [2.05, 4.69) is 5.32 Å². The Bertz CT molecular complexity index is 341. The number of aliphatic carboxylic acids is 1. The molecular formula is C15H27NO4. The lowest BCUT2D eigenvalue weighted by Gasteiger charge is -2.30. The van der Waals surface area contributed by atoms with Crippen molar-refractivity contribution >= 4 is 11.9 Å². The van der Waals surface area contributed by atoms with Crippen LogP contribution >= 0.6 is 0 Å². The lowest BCUT2D eigenvalue weighted by Crippen LogP contribution is -2.37. The van der Waals surface area contributed by atoms with E-state index >= 15 is 0 Å². The van der Waals surface area contributed by atoms with E-state index in [1.165, 1.54) is 0 Å². The molecule has 1 aliphatic rings. The van der Waals surface area contributed by atoms with Crippen LogP contribution in [0.15, 0.2) is 0 Å². The molecule has 2 atom stereocenters. The zero-order valence-electron chi connectivity index (χ0n) is 12.5. The van der Waals surface area contributed by atoms with Gasteiger partial charge in [-0.05, 0) is 30.1 Å². The molecular weight excluding hydrogens is 258 g/mol. The van der Waals surface area contributed by atoms with Gasteiger partial charge < -0.3 is 15.5 Å². The highest BCUT2D eigenvalue weighted by Crippen LogP contribution is 2.29. The minimum atomic E-state index is -0.879. The summed E-state index contributed by atoms with van der Waals surface area (Å²) in [6.07, 6.45) is 4.59. The summed E-state index contributed by atoms with van der Waals surface area (Å²) in [5.74, 6) is -0.342. The number of carboxylic acid groups (broad SMARTS) is 1. The molecule has 1 amide bonds. The van der Waals surface area contributed by atoms with E-state index in [1.807, 2.05) is 0 Å². The van der Waals surface area contributed by atoms with Crippen LogP contribution < -0.4 is 5.32 Å². The van der Waals surface area contributed by atoms with E-state index in [1.54, 1.807) is 13.8 Å². The number of aliphatic hydroxyl groups is 1. The smallest absolute Gasteiger partial charge is 0.303 e. The Kier molecular flexibility index (Phi) is 6.46. The van der Waals surface area contributed by atoms with Crippen molar-refractivity contribution in [1.29, 1.82) is 0 Å². The quantitative estimate of drug-likeness (QED) is 0.665. The van der Waals surface area contributed by atoms with E-state index in [0.717, 1.165) is 25.7 Å². The minimum Gasteiger partial charge on any atom is -0.481 e. The molecule has 116 valence electrons. The van der Waals surface area contributed by atoms with Gasteiger partial charge in [-0.1, -0.05) is 26.7 Å². The molecule has 1 fully saturated rings. The molecule has 0 aromatic carbocycles. The van der Waals surface area contributed by atoms with Crippen molar-refractivity contribution in [2.75, 3.05) is 13.2 Å². The predicted molar refractivity (Wildman–Crippen MR) is 76.2 cm³/mol. The molecule has 0 aromatic rings. The average Bonchev–Trinajstić information content (AvgIpc) is 2.34. The molecule has 1 aliphatic carbocycles. The maximum atomic E-state index is 11.9. The molecule has 20 heavy (non-hydrogen) atoms. The first-order chi connectivity index (χ1) is 9.34. The number of hydrogen-bond acceptors (Lipinski definition) is 3. The summed E-state index contributed by atoms with van der Waals surface area (Å²) in [6, 6.07) is 0. The van der Waals surface area contributed by atoms with Crippen LogP contribution in [0, 0.1) is 17.3 Å². The number of carbonyl (C=O) groups excluding carboxylic acids is 1. The van der Waals surface area contributed by atoms with Gasteiger partial charge >= 0.3 is 5.97 Å². The second kappa shape index (κ2) is 7.62. The highest BCUT2D eigenvalue weighted by molar-refractivity contribution is 5.77. The summed E-state index contributed by atoms with van der Waals surface area (Å²) in [5.41, 5.74) is -0.529. The maximum Gasteiger partial charge on any atom is 0.303 e. The van der Waals surface area contributed by atoms with E-state index < -0.39 is 11.4 Å². The van der Waals surface area contributed by atoms with Gasteiger partial charge in [0.15, 0.2) is 0 Å². The number of nitrogens with one attached hydrogen (secondary N) is 1. The standard InChI is InChI=1S/C15H27NO4/c1-15(2,8-14(19)20)7-13(18)16-9-11-5-3-4-6-12(11)10-17/h11-12,17H,3-10H2,1-2H3,(H,16,18)(H,19,20). The van der Waals surface area contributed by atoms with Crippen LogP contribution in [0.4, 0.5) is 0 Å². The van der Waals surface area contributed by atoms with Gasteiger partial charge in [-0.15, -0.1) is 0 Å². The molecule has 5 nitrogen and oxygen atoms in total. The zero-order chi connectivity index (χ0) is 15.2. The number of amides is 1. The van der Waals surface area contributed by atoms with Crippen molar-refractivity contribution < 1.29 is 19.8 Å². The Morgan fingerprint density at radius 2 is 1.75 bits per heavy atom. The Balaban J connectivity index is 2.37. The third-order valence-electron chi connectivity index (χ3n) is 4.13. The number of carbonyl (C=O) groups is 2. The summed E-state index contributed by atoms with van der Waals surface area (Å²) in [6.45, 7) is 4.36. The molecule has 0 aromatic heterocycles. The van der Waals surface area contributed by atoms with E-state index in [-0.39, 0.29) is 31.3 Å². The van der Waals surface area contributed by atoms with Crippen molar-refractivity contribution in [2.45, 2.75) is 52.4 Å². The second-order valence-electron chi connectivity index (χ2n) is 6.70. The molecule has 0 saturated heterocycles. The zero-order valence-corrected chi connectivity index (χ0v) is 12.5.